The van der Waals surface area contributed by atoms with Crippen molar-refractivity contribution >= 4 is 11.9 Å². The van der Waals surface area contributed by atoms with Crippen molar-refractivity contribution in [2.75, 3.05) is 47.3 Å². The van der Waals surface area contributed by atoms with Crippen LogP contribution in [0.5, 0.6) is 0 Å². The van der Waals surface area contributed by atoms with E-state index < -0.39 is 0 Å². The molecule has 1 unspecified atom stereocenters. The van der Waals surface area contributed by atoms with Gasteiger partial charge in [0, 0.05) is 39.3 Å². The molecule has 0 spiro atoms. The first-order chi connectivity index (χ1) is 12.1. The van der Waals surface area contributed by atoms with Gasteiger partial charge >= 0.3 is 0 Å². The number of nitrogens with one attached hydrogen (secondary N) is 3. The molecule has 138 valence electrons. The highest BCUT2D eigenvalue weighted by molar-refractivity contribution is 5.94. The molecule has 0 aromatic heterocycles. The Bertz CT molecular complexity index is 587. The topological polar surface area (TPSA) is 68.8 Å². The second kappa shape index (κ2) is 10.0. The molecule has 1 heterocycles. The fourth-order valence-electron chi connectivity index (χ4n) is 3.24. The van der Waals surface area contributed by atoms with Gasteiger partial charge in [0.25, 0.3) is 5.91 Å². The van der Waals surface area contributed by atoms with Gasteiger partial charge in [-0.05, 0) is 56.5 Å². The minimum Gasteiger partial charge on any atom is -0.356 e. The molecule has 2 rings (SSSR count). The van der Waals surface area contributed by atoms with Crippen molar-refractivity contribution in [2.45, 2.75) is 19.3 Å². The highest BCUT2D eigenvalue weighted by Crippen LogP contribution is 2.13. The average Bonchev–Trinajstić information content (AvgIpc) is 2.64. The molecule has 0 saturated carbocycles. The molecule has 1 aliphatic rings. The highest BCUT2D eigenvalue weighted by Gasteiger charge is 2.17. The van der Waals surface area contributed by atoms with E-state index in [1.807, 2.05) is 24.3 Å². The quantitative estimate of drug-likeness (QED) is 0.533. The molecule has 0 aliphatic carbocycles. The zero-order valence-electron chi connectivity index (χ0n) is 15.6. The molecule has 0 radical (unpaired) electrons. The van der Waals surface area contributed by atoms with Gasteiger partial charge in [-0.2, -0.15) is 0 Å². The first kappa shape index (κ1) is 19.2. The SMILES string of the molecule is CN=C(NCCc1cccc(C(=O)NC)c1)NCC1CCCN(C)C1. The summed E-state index contributed by atoms with van der Waals surface area (Å²) in [6.07, 6.45) is 3.40. The maximum atomic E-state index is 11.7. The summed E-state index contributed by atoms with van der Waals surface area (Å²) in [5.74, 6) is 1.47. The van der Waals surface area contributed by atoms with E-state index >= 15 is 0 Å². The Morgan fingerprint density at radius 1 is 1.36 bits per heavy atom. The average molecular weight is 345 g/mol. The third-order valence-corrected chi connectivity index (χ3v) is 4.63. The van der Waals surface area contributed by atoms with Gasteiger partial charge in [-0.3, -0.25) is 9.79 Å². The van der Waals surface area contributed by atoms with E-state index in [-0.39, 0.29) is 5.91 Å². The zero-order valence-corrected chi connectivity index (χ0v) is 15.6. The number of benzene rings is 1. The molecule has 1 saturated heterocycles. The number of nitrogens with zero attached hydrogens (tertiary/aromatic N) is 2. The van der Waals surface area contributed by atoms with Gasteiger partial charge in [-0.25, -0.2) is 0 Å². The second-order valence-electron chi connectivity index (χ2n) is 6.68. The van der Waals surface area contributed by atoms with Crippen LogP contribution < -0.4 is 16.0 Å². The van der Waals surface area contributed by atoms with Gasteiger partial charge in [0.1, 0.15) is 0 Å². The first-order valence-corrected chi connectivity index (χ1v) is 9.06. The number of carbonyl (C=O) groups excluding carboxylic acids is 1. The lowest BCUT2D eigenvalue weighted by atomic mass is 9.99. The molecule has 1 atom stereocenters. The molecule has 1 aliphatic heterocycles. The van der Waals surface area contributed by atoms with Crippen LogP contribution in [0.4, 0.5) is 0 Å². The molecule has 25 heavy (non-hydrogen) atoms. The summed E-state index contributed by atoms with van der Waals surface area (Å²) < 4.78 is 0. The van der Waals surface area contributed by atoms with Crippen LogP contribution >= 0.6 is 0 Å². The third-order valence-electron chi connectivity index (χ3n) is 4.63. The van der Waals surface area contributed by atoms with E-state index in [0.717, 1.165) is 37.6 Å². The van der Waals surface area contributed by atoms with Crippen LogP contribution in [0.1, 0.15) is 28.8 Å². The normalized spacial score (nSPS) is 18.7. The van der Waals surface area contributed by atoms with E-state index in [1.165, 1.54) is 19.4 Å². The lowest BCUT2D eigenvalue weighted by Crippen LogP contribution is -2.44. The number of piperidine rings is 1. The number of hydrogen-bond donors (Lipinski definition) is 3. The summed E-state index contributed by atoms with van der Waals surface area (Å²) in [5, 5.41) is 9.44. The van der Waals surface area contributed by atoms with Crippen LogP contribution in [0.2, 0.25) is 0 Å². The molecule has 1 fully saturated rings. The molecule has 3 N–H and O–H groups in total. The fraction of sp³-hybridized carbons (Fsp3) is 0.579. The van der Waals surface area contributed by atoms with E-state index in [2.05, 4.69) is 32.9 Å². The number of carbonyl (C=O) groups is 1. The maximum Gasteiger partial charge on any atom is 0.251 e. The fourth-order valence-corrected chi connectivity index (χ4v) is 3.24. The number of hydrogen-bond acceptors (Lipinski definition) is 3. The van der Waals surface area contributed by atoms with E-state index in [0.29, 0.717) is 11.5 Å². The Labute approximate surface area is 151 Å². The summed E-state index contributed by atoms with van der Waals surface area (Å²) in [6.45, 7) is 4.09. The van der Waals surface area contributed by atoms with Crippen LogP contribution in [0.3, 0.4) is 0 Å². The number of likely N-dealkylation sites (tertiary alicyclic amines) is 1. The maximum absolute atomic E-state index is 11.7. The lowest BCUT2D eigenvalue weighted by Gasteiger charge is -2.30. The monoisotopic (exact) mass is 345 g/mol. The number of rotatable bonds is 6. The Kier molecular flexibility index (Phi) is 7.73. The minimum atomic E-state index is -0.0512. The summed E-state index contributed by atoms with van der Waals surface area (Å²) in [6, 6.07) is 7.74. The van der Waals surface area contributed by atoms with Crippen LogP contribution in [-0.4, -0.2) is 64.1 Å². The smallest absolute Gasteiger partial charge is 0.251 e. The van der Waals surface area contributed by atoms with Crippen molar-refractivity contribution < 1.29 is 4.79 Å². The molecule has 6 heteroatoms. The van der Waals surface area contributed by atoms with Crippen molar-refractivity contribution in [3.05, 3.63) is 35.4 Å². The second-order valence-corrected chi connectivity index (χ2v) is 6.68. The predicted molar refractivity (Wildman–Crippen MR) is 103 cm³/mol. The van der Waals surface area contributed by atoms with Gasteiger partial charge in [0.05, 0.1) is 0 Å². The Balaban J connectivity index is 1.74. The lowest BCUT2D eigenvalue weighted by molar-refractivity contribution is 0.0963. The van der Waals surface area contributed by atoms with Gasteiger partial charge in [0.15, 0.2) is 5.96 Å². The first-order valence-electron chi connectivity index (χ1n) is 9.06. The van der Waals surface area contributed by atoms with Crippen molar-refractivity contribution in [1.29, 1.82) is 0 Å². The Hall–Kier alpha value is -2.08. The van der Waals surface area contributed by atoms with Crippen LogP contribution in [0, 0.1) is 5.92 Å². The highest BCUT2D eigenvalue weighted by atomic mass is 16.1. The number of guanidine groups is 1. The van der Waals surface area contributed by atoms with Gasteiger partial charge in [0.2, 0.25) is 0 Å². The van der Waals surface area contributed by atoms with Gasteiger partial charge < -0.3 is 20.9 Å². The molecule has 6 nitrogen and oxygen atoms in total. The van der Waals surface area contributed by atoms with Gasteiger partial charge in [-0.1, -0.05) is 12.1 Å². The van der Waals surface area contributed by atoms with Crippen LogP contribution in [0.25, 0.3) is 0 Å². The standard InChI is InChI=1S/C19H31N5O/c1-20-18(25)17-8-4-6-15(12-17)9-10-22-19(21-2)23-13-16-7-5-11-24(3)14-16/h4,6,8,12,16H,5,7,9-11,13-14H2,1-3H3,(H,20,25)(H2,21,22,23). The van der Waals surface area contributed by atoms with Crippen LogP contribution in [-0.2, 0) is 6.42 Å². The summed E-state index contributed by atoms with van der Waals surface area (Å²) in [7, 11) is 5.64. The molecular weight excluding hydrogens is 314 g/mol. The molecule has 0 bridgehead atoms. The summed E-state index contributed by atoms with van der Waals surface area (Å²) in [4.78, 5) is 18.4. The molecule has 1 amide bonds. The van der Waals surface area contributed by atoms with Crippen LogP contribution in [0.15, 0.2) is 29.3 Å². The Morgan fingerprint density at radius 2 is 2.20 bits per heavy atom. The summed E-state index contributed by atoms with van der Waals surface area (Å²) >= 11 is 0. The third kappa shape index (κ3) is 6.38. The number of aliphatic imine (C=N–C) groups is 1. The van der Waals surface area contributed by atoms with E-state index in [9.17, 15) is 4.79 Å². The van der Waals surface area contributed by atoms with E-state index in [4.69, 9.17) is 0 Å². The number of amides is 1. The predicted octanol–water partition coefficient (Wildman–Crippen LogP) is 1.10. The zero-order chi connectivity index (χ0) is 18.1. The Morgan fingerprint density at radius 3 is 2.92 bits per heavy atom. The largest absolute Gasteiger partial charge is 0.356 e. The minimum absolute atomic E-state index is 0.0512. The van der Waals surface area contributed by atoms with Gasteiger partial charge in [-0.15, -0.1) is 0 Å². The van der Waals surface area contributed by atoms with Crippen molar-refractivity contribution in [3.8, 4) is 0 Å². The molecular formula is C19H31N5O. The molecule has 1 aromatic rings. The van der Waals surface area contributed by atoms with Crippen molar-refractivity contribution in [1.82, 2.24) is 20.9 Å². The van der Waals surface area contributed by atoms with Crippen molar-refractivity contribution in [3.63, 3.8) is 0 Å². The molecule has 1 aromatic carbocycles. The summed E-state index contributed by atoms with van der Waals surface area (Å²) in [5.41, 5.74) is 1.84. The van der Waals surface area contributed by atoms with E-state index in [1.54, 1.807) is 14.1 Å². The van der Waals surface area contributed by atoms with Crippen molar-refractivity contribution in [2.24, 2.45) is 10.9 Å².